The number of rotatable bonds is 2. The minimum atomic E-state index is -0.0353. The molecule has 0 amide bonds. The van der Waals surface area contributed by atoms with E-state index < -0.39 is 0 Å². The van der Waals surface area contributed by atoms with E-state index >= 15 is 0 Å². The zero-order valence-corrected chi connectivity index (χ0v) is 11.4. The van der Waals surface area contributed by atoms with Crippen LogP contribution in [0.2, 0.25) is 10.0 Å². The third-order valence-electron chi connectivity index (χ3n) is 2.54. The highest BCUT2D eigenvalue weighted by Gasteiger charge is 2.15. The third-order valence-corrected chi connectivity index (χ3v) is 2.97. The van der Waals surface area contributed by atoms with Gasteiger partial charge in [-0.2, -0.15) is 4.98 Å². The third kappa shape index (κ3) is 2.45. The van der Waals surface area contributed by atoms with Crippen molar-refractivity contribution in [3.63, 3.8) is 0 Å². The quantitative estimate of drug-likeness (QED) is 0.779. The van der Waals surface area contributed by atoms with E-state index in [-0.39, 0.29) is 17.3 Å². The Kier molecular flexibility index (Phi) is 3.30. The van der Waals surface area contributed by atoms with Crippen LogP contribution in [0.5, 0.6) is 5.75 Å². The van der Waals surface area contributed by atoms with E-state index in [1.165, 1.54) is 12.3 Å². The maximum Gasteiger partial charge on any atom is 0.280 e. The molecule has 7 heteroatoms. The first-order valence-electron chi connectivity index (χ1n) is 5.58. The van der Waals surface area contributed by atoms with Gasteiger partial charge in [0.2, 0.25) is 5.82 Å². The van der Waals surface area contributed by atoms with Crippen molar-refractivity contribution in [2.75, 3.05) is 0 Å². The van der Waals surface area contributed by atoms with E-state index in [1.807, 2.05) is 0 Å². The lowest BCUT2D eigenvalue weighted by Crippen LogP contribution is -1.84. The summed E-state index contributed by atoms with van der Waals surface area (Å²) in [5, 5.41) is 14.5. The van der Waals surface area contributed by atoms with E-state index in [4.69, 9.17) is 27.7 Å². The van der Waals surface area contributed by atoms with Gasteiger partial charge in [-0.25, -0.2) is 4.98 Å². The fraction of sp³-hybridized carbons (Fsp3) is 0. The summed E-state index contributed by atoms with van der Waals surface area (Å²) in [7, 11) is 0. The average molecular weight is 308 g/mol. The molecule has 0 spiro atoms. The fourth-order valence-electron chi connectivity index (χ4n) is 1.68. The normalized spacial score (nSPS) is 10.7. The molecule has 0 unspecified atom stereocenters. The number of hydrogen-bond donors (Lipinski definition) is 1. The highest BCUT2D eigenvalue weighted by Crippen LogP contribution is 2.29. The molecular formula is C13H7Cl2N3O2. The lowest BCUT2D eigenvalue weighted by Gasteiger charge is -1.97. The Labute approximate surface area is 123 Å². The number of hydrogen-bond acceptors (Lipinski definition) is 5. The van der Waals surface area contributed by atoms with Crippen molar-refractivity contribution in [2.45, 2.75) is 0 Å². The largest absolute Gasteiger partial charge is 0.505 e. The van der Waals surface area contributed by atoms with E-state index in [0.29, 0.717) is 21.4 Å². The first-order chi connectivity index (χ1) is 9.63. The van der Waals surface area contributed by atoms with Gasteiger partial charge in [0.05, 0.1) is 0 Å². The van der Waals surface area contributed by atoms with Gasteiger partial charge in [0.25, 0.3) is 5.89 Å². The molecule has 1 N–H and O–H groups in total. The van der Waals surface area contributed by atoms with Crippen LogP contribution in [-0.4, -0.2) is 20.2 Å². The lowest BCUT2D eigenvalue weighted by molar-refractivity contribution is 0.423. The van der Waals surface area contributed by atoms with Crippen LogP contribution in [0, 0.1) is 0 Å². The molecule has 0 radical (unpaired) electrons. The molecule has 20 heavy (non-hydrogen) atoms. The Morgan fingerprint density at radius 3 is 2.55 bits per heavy atom. The highest BCUT2D eigenvalue weighted by molar-refractivity contribution is 6.35. The van der Waals surface area contributed by atoms with Crippen molar-refractivity contribution in [2.24, 2.45) is 0 Å². The van der Waals surface area contributed by atoms with Crippen LogP contribution < -0.4 is 0 Å². The Hall–Kier alpha value is -2.11. The van der Waals surface area contributed by atoms with Crippen LogP contribution in [0.15, 0.2) is 41.1 Å². The van der Waals surface area contributed by atoms with Gasteiger partial charge in [0.15, 0.2) is 5.69 Å². The van der Waals surface area contributed by atoms with Gasteiger partial charge in [-0.15, -0.1) is 0 Å². The predicted octanol–water partition coefficient (Wildman–Crippen LogP) is 3.81. The molecule has 1 aromatic carbocycles. The van der Waals surface area contributed by atoms with Crippen molar-refractivity contribution in [3.8, 4) is 28.7 Å². The minimum Gasteiger partial charge on any atom is -0.505 e. The van der Waals surface area contributed by atoms with Crippen molar-refractivity contribution < 1.29 is 9.63 Å². The molecule has 0 bridgehead atoms. The average Bonchev–Trinajstić information content (AvgIpc) is 2.87. The zero-order valence-electron chi connectivity index (χ0n) is 9.92. The maximum absolute atomic E-state index is 9.70. The SMILES string of the molecule is Oc1cccnc1-c1nc(-c2cc(Cl)cc(Cl)c2)no1. The van der Waals surface area contributed by atoms with Gasteiger partial charge in [-0.3, -0.25) is 0 Å². The van der Waals surface area contributed by atoms with Crippen LogP contribution in [0.4, 0.5) is 0 Å². The second-order valence-electron chi connectivity index (χ2n) is 3.95. The molecule has 0 aliphatic carbocycles. The van der Waals surface area contributed by atoms with Gasteiger partial charge < -0.3 is 9.63 Å². The molecule has 0 atom stereocenters. The monoisotopic (exact) mass is 307 g/mol. The summed E-state index contributed by atoms with van der Waals surface area (Å²) >= 11 is 11.9. The molecule has 2 heterocycles. The fourth-order valence-corrected chi connectivity index (χ4v) is 2.21. The van der Waals surface area contributed by atoms with Crippen LogP contribution in [0.1, 0.15) is 0 Å². The molecule has 0 aliphatic rings. The standard InChI is InChI=1S/C13H7Cl2N3O2/c14-8-4-7(5-9(15)6-8)12-17-13(20-18-12)11-10(19)2-1-3-16-11/h1-6,19H. The van der Waals surface area contributed by atoms with E-state index in [1.54, 1.807) is 24.3 Å². The van der Waals surface area contributed by atoms with Crippen LogP contribution in [0.3, 0.4) is 0 Å². The number of aromatic hydroxyl groups is 1. The Bertz CT molecular complexity index is 754. The molecule has 3 aromatic rings. The van der Waals surface area contributed by atoms with E-state index in [2.05, 4.69) is 15.1 Å². The summed E-state index contributed by atoms with van der Waals surface area (Å²) in [6.07, 6.45) is 1.52. The molecule has 3 rings (SSSR count). The molecule has 0 aliphatic heterocycles. The number of pyridine rings is 1. The highest BCUT2D eigenvalue weighted by atomic mass is 35.5. The zero-order chi connectivity index (χ0) is 14.1. The Morgan fingerprint density at radius 2 is 1.85 bits per heavy atom. The second kappa shape index (κ2) is 5.11. The van der Waals surface area contributed by atoms with Crippen molar-refractivity contribution in [3.05, 3.63) is 46.6 Å². The maximum atomic E-state index is 9.70. The summed E-state index contributed by atoms with van der Waals surface area (Å²) in [6, 6.07) is 8.04. The van der Waals surface area contributed by atoms with Crippen molar-refractivity contribution in [1.29, 1.82) is 0 Å². The van der Waals surface area contributed by atoms with Gasteiger partial charge in [-0.1, -0.05) is 28.4 Å². The summed E-state index contributed by atoms with van der Waals surface area (Å²) in [5.74, 6) is 0.399. The van der Waals surface area contributed by atoms with Crippen molar-refractivity contribution >= 4 is 23.2 Å². The summed E-state index contributed by atoms with van der Waals surface area (Å²) in [5.41, 5.74) is 0.840. The molecule has 2 aromatic heterocycles. The first kappa shape index (κ1) is 12.9. The molecule has 5 nitrogen and oxygen atoms in total. The molecule has 100 valence electrons. The second-order valence-corrected chi connectivity index (χ2v) is 4.83. The summed E-state index contributed by atoms with van der Waals surface area (Å²) < 4.78 is 5.10. The molecular weight excluding hydrogens is 301 g/mol. The molecule has 0 fully saturated rings. The van der Waals surface area contributed by atoms with E-state index in [0.717, 1.165) is 0 Å². The number of halogens is 2. The van der Waals surface area contributed by atoms with E-state index in [9.17, 15) is 5.11 Å². The number of benzene rings is 1. The van der Waals surface area contributed by atoms with Crippen LogP contribution in [-0.2, 0) is 0 Å². The van der Waals surface area contributed by atoms with Gasteiger partial charge in [-0.05, 0) is 30.3 Å². The lowest BCUT2D eigenvalue weighted by atomic mass is 10.2. The van der Waals surface area contributed by atoms with Crippen LogP contribution >= 0.6 is 23.2 Å². The Balaban J connectivity index is 2.04. The summed E-state index contributed by atoms with van der Waals surface area (Å²) in [6.45, 7) is 0. The van der Waals surface area contributed by atoms with Gasteiger partial charge in [0, 0.05) is 21.8 Å². The Morgan fingerprint density at radius 1 is 1.10 bits per heavy atom. The molecule has 0 saturated heterocycles. The smallest absolute Gasteiger partial charge is 0.280 e. The number of aromatic nitrogens is 3. The first-order valence-corrected chi connectivity index (χ1v) is 6.33. The minimum absolute atomic E-state index is 0.0353. The summed E-state index contributed by atoms with van der Waals surface area (Å²) in [4.78, 5) is 8.17. The molecule has 0 saturated carbocycles. The predicted molar refractivity (Wildman–Crippen MR) is 74.6 cm³/mol. The van der Waals surface area contributed by atoms with Gasteiger partial charge >= 0.3 is 0 Å². The van der Waals surface area contributed by atoms with Crippen molar-refractivity contribution in [1.82, 2.24) is 15.1 Å². The number of nitrogens with zero attached hydrogens (tertiary/aromatic N) is 3. The topological polar surface area (TPSA) is 72.0 Å². The van der Waals surface area contributed by atoms with Gasteiger partial charge in [0.1, 0.15) is 5.75 Å². The van der Waals surface area contributed by atoms with Crippen LogP contribution in [0.25, 0.3) is 23.0 Å².